The van der Waals surface area contributed by atoms with Gasteiger partial charge in [0, 0.05) is 18.2 Å². The molecule has 3 aromatic carbocycles. The van der Waals surface area contributed by atoms with Crippen LogP contribution in [0.4, 0.5) is 4.79 Å². The molecule has 32 heavy (non-hydrogen) atoms. The number of imidazole rings is 1. The maximum Gasteiger partial charge on any atom is 0.511 e. The molecule has 0 fully saturated rings. The third-order valence-electron chi connectivity index (χ3n) is 5.46. The molecule has 0 saturated heterocycles. The summed E-state index contributed by atoms with van der Waals surface area (Å²) in [6, 6.07) is 18.8. The first-order valence-electron chi connectivity index (χ1n) is 10.1. The third kappa shape index (κ3) is 3.65. The minimum Gasteiger partial charge on any atom is -0.497 e. The third-order valence-corrected chi connectivity index (χ3v) is 5.46. The SMILES string of the molecule is COc1ccc2ncn(CC=C3c4ccccc4COc4ccc(OC(=O)O)cc43)c2c1. The van der Waals surface area contributed by atoms with Gasteiger partial charge >= 0.3 is 6.16 Å². The topological polar surface area (TPSA) is 82.8 Å². The van der Waals surface area contributed by atoms with Crippen molar-refractivity contribution in [2.24, 2.45) is 0 Å². The molecule has 1 N–H and O–H groups in total. The predicted octanol–water partition coefficient (Wildman–Crippen LogP) is 5.13. The molecule has 0 spiro atoms. The average molecular weight is 428 g/mol. The Kier molecular flexibility index (Phi) is 4.99. The number of carbonyl (C=O) groups is 1. The predicted molar refractivity (Wildman–Crippen MR) is 119 cm³/mol. The normalized spacial score (nSPS) is 13.7. The van der Waals surface area contributed by atoms with Crippen molar-refractivity contribution in [2.45, 2.75) is 13.2 Å². The number of ether oxygens (including phenoxy) is 3. The fraction of sp³-hybridized carbons (Fsp3) is 0.120. The van der Waals surface area contributed by atoms with Crippen molar-refractivity contribution >= 4 is 22.8 Å². The molecule has 5 rings (SSSR count). The van der Waals surface area contributed by atoms with E-state index >= 15 is 0 Å². The number of allylic oxidation sites excluding steroid dienone is 1. The number of nitrogens with zero attached hydrogens (tertiary/aromatic N) is 2. The van der Waals surface area contributed by atoms with E-state index in [2.05, 4.69) is 11.1 Å². The second-order valence-corrected chi connectivity index (χ2v) is 7.34. The van der Waals surface area contributed by atoms with E-state index < -0.39 is 6.16 Å². The van der Waals surface area contributed by atoms with Crippen LogP contribution in [0.5, 0.6) is 17.2 Å². The minimum absolute atomic E-state index is 0.239. The summed E-state index contributed by atoms with van der Waals surface area (Å²) < 4.78 is 18.3. The van der Waals surface area contributed by atoms with Crippen molar-refractivity contribution in [1.82, 2.24) is 9.55 Å². The maximum absolute atomic E-state index is 11.1. The van der Waals surface area contributed by atoms with Gasteiger partial charge in [0.25, 0.3) is 0 Å². The smallest absolute Gasteiger partial charge is 0.497 e. The highest BCUT2D eigenvalue weighted by Gasteiger charge is 2.20. The Morgan fingerprint density at radius 3 is 2.81 bits per heavy atom. The van der Waals surface area contributed by atoms with Crippen LogP contribution in [0.25, 0.3) is 16.6 Å². The van der Waals surface area contributed by atoms with Crippen LogP contribution in [0, 0.1) is 0 Å². The zero-order valence-corrected chi connectivity index (χ0v) is 17.3. The second-order valence-electron chi connectivity index (χ2n) is 7.34. The summed E-state index contributed by atoms with van der Waals surface area (Å²) in [5, 5.41) is 9.03. The first kappa shape index (κ1) is 19.7. The van der Waals surface area contributed by atoms with Gasteiger partial charge in [-0.25, -0.2) is 9.78 Å². The quantitative estimate of drug-likeness (QED) is 0.359. The van der Waals surface area contributed by atoms with E-state index in [0.717, 1.165) is 39.0 Å². The van der Waals surface area contributed by atoms with E-state index in [-0.39, 0.29) is 5.75 Å². The van der Waals surface area contributed by atoms with Crippen LogP contribution in [0.3, 0.4) is 0 Å². The molecule has 2 heterocycles. The van der Waals surface area contributed by atoms with Crippen LogP contribution in [-0.2, 0) is 13.2 Å². The Bertz CT molecular complexity index is 1360. The van der Waals surface area contributed by atoms with Gasteiger partial charge in [0.05, 0.1) is 24.5 Å². The molecule has 0 saturated carbocycles. The molecule has 160 valence electrons. The molecule has 7 heteroatoms. The van der Waals surface area contributed by atoms with Crippen molar-refractivity contribution in [1.29, 1.82) is 0 Å². The molecule has 0 radical (unpaired) electrons. The van der Waals surface area contributed by atoms with Crippen LogP contribution in [0.1, 0.15) is 16.7 Å². The summed E-state index contributed by atoms with van der Waals surface area (Å²) in [5.41, 5.74) is 5.63. The molecule has 1 aromatic heterocycles. The van der Waals surface area contributed by atoms with Crippen molar-refractivity contribution in [3.63, 3.8) is 0 Å². The lowest BCUT2D eigenvalue weighted by atomic mass is 9.94. The molecule has 0 aliphatic carbocycles. The molecule has 0 unspecified atom stereocenters. The van der Waals surface area contributed by atoms with Gasteiger partial charge in [-0.3, -0.25) is 0 Å². The van der Waals surface area contributed by atoms with Crippen LogP contribution < -0.4 is 14.2 Å². The maximum atomic E-state index is 11.1. The zero-order chi connectivity index (χ0) is 22.1. The number of benzene rings is 3. The lowest BCUT2D eigenvalue weighted by Crippen LogP contribution is -2.03. The highest BCUT2D eigenvalue weighted by Crippen LogP contribution is 2.39. The van der Waals surface area contributed by atoms with E-state index in [1.165, 1.54) is 0 Å². The number of carboxylic acid groups (broad SMARTS) is 1. The molecule has 0 bridgehead atoms. The van der Waals surface area contributed by atoms with Gasteiger partial charge in [-0.1, -0.05) is 30.3 Å². The van der Waals surface area contributed by atoms with Gasteiger partial charge in [-0.15, -0.1) is 0 Å². The number of fused-ring (bicyclic) bond motifs is 3. The van der Waals surface area contributed by atoms with Gasteiger partial charge in [-0.05, 0) is 47.0 Å². The number of aromatic nitrogens is 2. The van der Waals surface area contributed by atoms with Crippen LogP contribution >= 0.6 is 0 Å². The lowest BCUT2D eigenvalue weighted by molar-refractivity contribution is 0.144. The summed E-state index contributed by atoms with van der Waals surface area (Å²) in [6.45, 7) is 0.974. The van der Waals surface area contributed by atoms with Gasteiger partial charge < -0.3 is 23.9 Å². The zero-order valence-electron chi connectivity index (χ0n) is 17.3. The first-order valence-corrected chi connectivity index (χ1v) is 10.1. The molecule has 7 nitrogen and oxygen atoms in total. The highest BCUT2D eigenvalue weighted by atomic mass is 16.7. The summed E-state index contributed by atoms with van der Waals surface area (Å²) in [5.74, 6) is 1.67. The fourth-order valence-electron chi connectivity index (χ4n) is 3.94. The van der Waals surface area contributed by atoms with Crippen molar-refractivity contribution in [2.75, 3.05) is 7.11 Å². The number of hydrogen-bond donors (Lipinski definition) is 1. The van der Waals surface area contributed by atoms with Crippen molar-refractivity contribution in [3.8, 4) is 17.2 Å². The van der Waals surface area contributed by atoms with Crippen molar-refractivity contribution < 1.29 is 24.1 Å². The minimum atomic E-state index is -1.36. The van der Waals surface area contributed by atoms with Crippen molar-refractivity contribution in [3.05, 3.63) is 89.8 Å². The average Bonchev–Trinajstić information content (AvgIpc) is 3.13. The summed E-state index contributed by atoms with van der Waals surface area (Å²) >= 11 is 0. The first-order chi connectivity index (χ1) is 15.6. The van der Waals surface area contributed by atoms with Gasteiger partial charge in [0.15, 0.2) is 0 Å². The molecular formula is C25H20N2O5. The van der Waals surface area contributed by atoms with E-state index in [4.69, 9.17) is 19.3 Å². The molecule has 4 aromatic rings. The van der Waals surface area contributed by atoms with E-state index in [9.17, 15) is 4.79 Å². The molecular weight excluding hydrogens is 408 g/mol. The number of methoxy groups -OCH3 is 1. The summed E-state index contributed by atoms with van der Waals surface area (Å²) in [4.78, 5) is 15.5. The Morgan fingerprint density at radius 1 is 1.12 bits per heavy atom. The number of rotatable bonds is 4. The van der Waals surface area contributed by atoms with E-state index in [1.54, 1.807) is 31.6 Å². The largest absolute Gasteiger partial charge is 0.511 e. The summed E-state index contributed by atoms with van der Waals surface area (Å²) in [7, 11) is 1.64. The van der Waals surface area contributed by atoms with Crippen LogP contribution in [0.15, 0.2) is 73.1 Å². The van der Waals surface area contributed by atoms with E-state index in [0.29, 0.717) is 18.9 Å². The lowest BCUT2D eigenvalue weighted by Gasteiger charge is -2.12. The van der Waals surface area contributed by atoms with Crippen LogP contribution in [0.2, 0.25) is 0 Å². The second kappa shape index (κ2) is 8.11. The fourth-order valence-corrected chi connectivity index (χ4v) is 3.94. The Hall–Kier alpha value is -4.26. The Balaban J connectivity index is 1.62. The molecule has 0 amide bonds. The van der Waals surface area contributed by atoms with Crippen LogP contribution in [-0.4, -0.2) is 27.9 Å². The standard InChI is InChI=1S/C25H20N2O5/c1-30-17-6-8-22-23(13-17)27(15-26-22)11-10-20-19-5-3-2-4-16(19)14-31-24-9-7-18(12-21(20)24)32-25(28)29/h2-10,12-13,15H,11,14H2,1H3,(H,28,29). The van der Waals surface area contributed by atoms with Gasteiger partial charge in [-0.2, -0.15) is 0 Å². The highest BCUT2D eigenvalue weighted by molar-refractivity contribution is 5.86. The molecule has 1 aliphatic rings. The molecule has 1 aliphatic heterocycles. The monoisotopic (exact) mass is 428 g/mol. The Morgan fingerprint density at radius 2 is 1.97 bits per heavy atom. The number of hydrogen-bond acceptors (Lipinski definition) is 5. The molecule has 0 atom stereocenters. The van der Waals surface area contributed by atoms with Gasteiger partial charge in [0.1, 0.15) is 23.9 Å². The Labute approximate surface area is 184 Å². The van der Waals surface area contributed by atoms with Gasteiger partial charge in [0.2, 0.25) is 0 Å². The summed E-state index contributed by atoms with van der Waals surface area (Å²) in [6.07, 6.45) is 2.53. The van der Waals surface area contributed by atoms with E-state index in [1.807, 2.05) is 47.0 Å².